The van der Waals surface area contributed by atoms with Gasteiger partial charge >= 0.3 is 0 Å². The van der Waals surface area contributed by atoms with E-state index in [1.165, 1.54) is 16.7 Å². The van der Waals surface area contributed by atoms with Gasteiger partial charge in [-0.25, -0.2) is 0 Å². The lowest BCUT2D eigenvalue weighted by Gasteiger charge is -2.31. The van der Waals surface area contributed by atoms with Crippen molar-refractivity contribution in [3.8, 4) is 0 Å². The molecule has 0 radical (unpaired) electrons. The number of rotatable bonds is 1. The Morgan fingerprint density at radius 3 is 1.74 bits per heavy atom. The van der Waals surface area contributed by atoms with Gasteiger partial charge in [0, 0.05) is 0 Å². The zero-order valence-corrected chi connectivity index (χ0v) is 17.6. The van der Waals surface area contributed by atoms with Crippen LogP contribution in [0.25, 0.3) is 0 Å². The molecule has 2 heteroatoms. The van der Waals surface area contributed by atoms with Crippen molar-refractivity contribution in [1.82, 2.24) is 0 Å². The second-order valence-corrected chi connectivity index (χ2v) is 6.57. The second kappa shape index (κ2) is 11.9. The fraction of sp³-hybridized carbons (Fsp3) is 0.810. The van der Waals surface area contributed by atoms with E-state index >= 15 is 0 Å². The van der Waals surface area contributed by atoms with Crippen molar-refractivity contribution in [2.75, 3.05) is 13.2 Å². The summed E-state index contributed by atoms with van der Waals surface area (Å²) in [5.41, 5.74) is 4.23. The minimum Gasteiger partial charge on any atom is -0.371 e. The van der Waals surface area contributed by atoms with Gasteiger partial charge in [-0.15, -0.1) is 0 Å². The van der Waals surface area contributed by atoms with E-state index in [1.807, 2.05) is 27.7 Å². The van der Waals surface area contributed by atoms with Gasteiger partial charge in [0.2, 0.25) is 0 Å². The van der Waals surface area contributed by atoms with Crippen molar-refractivity contribution in [3.63, 3.8) is 0 Å². The molecular formula is C21H42O2. The minimum absolute atomic E-state index is 0. The monoisotopic (exact) mass is 326 g/mol. The van der Waals surface area contributed by atoms with E-state index in [0.29, 0.717) is 0 Å². The Morgan fingerprint density at radius 1 is 0.957 bits per heavy atom. The first-order chi connectivity index (χ1) is 10.7. The summed E-state index contributed by atoms with van der Waals surface area (Å²) in [4.78, 5) is 0. The first-order valence-corrected chi connectivity index (χ1v) is 9.31. The van der Waals surface area contributed by atoms with Crippen molar-refractivity contribution in [2.45, 2.75) is 99.7 Å². The molecule has 0 saturated carbocycles. The van der Waals surface area contributed by atoms with Crippen LogP contribution >= 0.6 is 0 Å². The van der Waals surface area contributed by atoms with Gasteiger partial charge in [-0.2, -0.15) is 0 Å². The predicted molar refractivity (Wildman–Crippen MR) is 104 cm³/mol. The summed E-state index contributed by atoms with van der Waals surface area (Å²) in [5, 5.41) is 0. The van der Waals surface area contributed by atoms with Crippen LogP contribution in [0.4, 0.5) is 0 Å². The summed E-state index contributed by atoms with van der Waals surface area (Å²) in [5.74, 6) is 0. The van der Waals surface area contributed by atoms with Gasteiger partial charge in [-0.05, 0) is 65.0 Å². The Balaban J connectivity index is 0. The second-order valence-electron chi connectivity index (χ2n) is 6.57. The van der Waals surface area contributed by atoms with E-state index in [0.717, 1.165) is 32.5 Å². The molecule has 0 aromatic rings. The van der Waals surface area contributed by atoms with Gasteiger partial charge in [0.05, 0.1) is 24.4 Å². The van der Waals surface area contributed by atoms with E-state index in [-0.39, 0.29) is 11.2 Å². The first-order valence-electron chi connectivity index (χ1n) is 9.31. The van der Waals surface area contributed by atoms with E-state index in [4.69, 9.17) is 9.47 Å². The fourth-order valence-corrected chi connectivity index (χ4v) is 2.39. The zero-order chi connectivity index (χ0) is 18.7. The molecule has 0 bridgehead atoms. The molecule has 2 nitrogen and oxygen atoms in total. The van der Waals surface area contributed by atoms with E-state index in [2.05, 4.69) is 48.1 Å². The highest BCUT2D eigenvalue weighted by molar-refractivity contribution is 5.15. The average molecular weight is 327 g/mol. The molecule has 0 aliphatic carbocycles. The molecule has 1 fully saturated rings. The molecule has 1 saturated heterocycles. The lowest BCUT2D eigenvalue weighted by atomic mass is 9.94. The third kappa shape index (κ3) is 8.72. The van der Waals surface area contributed by atoms with Crippen molar-refractivity contribution in [1.29, 1.82) is 0 Å². The average Bonchev–Trinajstić information content (AvgIpc) is 2.88. The highest BCUT2D eigenvalue weighted by Gasteiger charge is 2.31. The Morgan fingerprint density at radius 2 is 1.48 bits per heavy atom. The summed E-state index contributed by atoms with van der Waals surface area (Å²) in [6.07, 6.45) is 3.18. The van der Waals surface area contributed by atoms with Crippen molar-refractivity contribution >= 4 is 0 Å². The summed E-state index contributed by atoms with van der Waals surface area (Å²) in [6, 6.07) is 0. The van der Waals surface area contributed by atoms with E-state index in [1.54, 1.807) is 0 Å². The van der Waals surface area contributed by atoms with E-state index < -0.39 is 0 Å². The SMILES string of the molecule is C=C1CCOC1(C)CC.CC.CC.CC1=C(C)CC(C)(C)OC1. The quantitative estimate of drug-likeness (QED) is 0.499. The molecule has 23 heavy (non-hydrogen) atoms. The third-order valence-corrected chi connectivity index (χ3v) is 4.35. The summed E-state index contributed by atoms with van der Waals surface area (Å²) in [6.45, 7) is 26.5. The Hall–Kier alpha value is -0.600. The van der Waals surface area contributed by atoms with Gasteiger partial charge in [0.25, 0.3) is 0 Å². The normalized spacial score (nSPS) is 25.4. The van der Waals surface area contributed by atoms with Crippen LogP contribution in [0, 0.1) is 0 Å². The van der Waals surface area contributed by atoms with Crippen LogP contribution in [0.5, 0.6) is 0 Å². The lowest BCUT2D eigenvalue weighted by molar-refractivity contribution is -0.0143. The van der Waals surface area contributed by atoms with Crippen molar-refractivity contribution < 1.29 is 9.47 Å². The van der Waals surface area contributed by atoms with Gasteiger partial charge < -0.3 is 9.47 Å². The molecule has 2 aliphatic heterocycles. The van der Waals surface area contributed by atoms with Crippen LogP contribution in [0.2, 0.25) is 0 Å². The lowest BCUT2D eigenvalue weighted by Crippen LogP contribution is -2.29. The molecule has 2 rings (SSSR count). The maximum Gasteiger partial charge on any atom is 0.0859 e. The predicted octanol–water partition coefficient (Wildman–Crippen LogP) is 6.71. The summed E-state index contributed by atoms with van der Waals surface area (Å²) in [7, 11) is 0. The number of hydrogen-bond donors (Lipinski definition) is 0. The molecule has 2 heterocycles. The highest BCUT2D eigenvalue weighted by atomic mass is 16.5. The molecule has 2 aliphatic rings. The van der Waals surface area contributed by atoms with Crippen LogP contribution in [-0.4, -0.2) is 24.4 Å². The Kier molecular flexibility index (Phi) is 12.7. The molecule has 138 valence electrons. The Labute approximate surface area is 146 Å². The minimum atomic E-state index is 0. The van der Waals surface area contributed by atoms with Gasteiger partial charge in [0.15, 0.2) is 0 Å². The Bertz CT molecular complexity index is 366. The number of ether oxygens (including phenoxy) is 2. The van der Waals surface area contributed by atoms with Gasteiger partial charge in [0.1, 0.15) is 0 Å². The van der Waals surface area contributed by atoms with Crippen LogP contribution < -0.4 is 0 Å². The molecule has 0 aromatic carbocycles. The molecule has 0 aromatic heterocycles. The maximum absolute atomic E-state index is 5.59. The van der Waals surface area contributed by atoms with Crippen LogP contribution in [0.3, 0.4) is 0 Å². The largest absolute Gasteiger partial charge is 0.371 e. The standard InChI is InChI=1S/C9H16O.C8H14O.2C2H6/c1-7-5-9(3,4)10-6-8(7)2;1-4-8(3)7(2)5-6-9-8;2*1-2/h5-6H2,1-4H3;2,4-6H2,1,3H3;2*1-2H3. The summed E-state index contributed by atoms with van der Waals surface area (Å²) < 4.78 is 11.1. The molecule has 1 unspecified atom stereocenters. The zero-order valence-electron chi connectivity index (χ0n) is 17.6. The van der Waals surface area contributed by atoms with Gasteiger partial charge in [-0.3, -0.25) is 0 Å². The smallest absolute Gasteiger partial charge is 0.0859 e. The highest BCUT2D eigenvalue weighted by Crippen LogP contribution is 2.32. The first kappa shape index (κ1) is 24.6. The topological polar surface area (TPSA) is 18.5 Å². The van der Waals surface area contributed by atoms with Crippen LogP contribution in [0.1, 0.15) is 88.5 Å². The molecular weight excluding hydrogens is 284 g/mol. The van der Waals surface area contributed by atoms with Crippen LogP contribution in [-0.2, 0) is 9.47 Å². The molecule has 0 spiro atoms. The van der Waals surface area contributed by atoms with Crippen molar-refractivity contribution in [2.24, 2.45) is 0 Å². The molecule has 0 N–H and O–H groups in total. The van der Waals surface area contributed by atoms with Gasteiger partial charge in [-0.1, -0.05) is 46.8 Å². The maximum atomic E-state index is 5.59. The van der Waals surface area contributed by atoms with Crippen molar-refractivity contribution in [3.05, 3.63) is 23.3 Å². The molecule has 0 amide bonds. The number of hydrogen-bond acceptors (Lipinski definition) is 2. The fourth-order valence-electron chi connectivity index (χ4n) is 2.39. The molecule has 1 atom stereocenters. The third-order valence-electron chi connectivity index (χ3n) is 4.35. The van der Waals surface area contributed by atoms with Crippen LogP contribution in [0.15, 0.2) is 23.3 Å². The van der Waals surface area contributed by atoms with E-state index in [9.17, 15) is 0 Å². The summed E-state index contributed by atoms with van der Waals surface area (Å²) >= 11 is 0.